The van der Waals surface area contributed by atoms with Crippen molar-refractivity contribution in [3.63, 3.8) is 0 Å². The van der Waals surface area contributed by atoms with Gasteiger partial charge in [0.2, 0.25) is 5.91 Å². The Morgan fingerprint density at radius 2 is 1.09 bits per heavy atom. The first-order valence-corrected chi connectivity index (χ1v) is 27.0. The van der Waals surface area contributed by atoms with Crippen LogP contribution in [0.1, 0.15) is 173 Å². The monoisotopic (exact) mass is 1080 g/mol. The number of aliphatic imine (C=N–C) groups is 2. The molecule has 4 heterocycles. The van der Waals surface area contributed by atoms with Crippen LogP contribution in [0.15, 0.2) is 94.9 Å². The van der Waals surface area contributed by atoms with E-state index in [-0.39, 0.29) is 43.1 Å². The summed E-state index contributed by atoms with van der Waals surface area (Å²) < 4.78 is 2.04. The van der Waals surface area contributed by atoms with Crippen molar-refractivity contribution in [2.75, 3.05) is 5.32 Å². The number of rotatable bonds is 14. The third-order valence-electron chi connectivity index (χ3n) is 13.8. The number of hydrogen-bond donors (Lipinski definition) is 3. The first kappa shape index (κ1) is 57.3. The van der Waals surface area contributed by atoms with Crippen LogP contribution in [0.3, 0.4) is 0 Å². The molecular formula is C60H70N7O4S2Zn-. The van der Waals surface area contributed by atoms with Crippen LogP contribution < -0.4 is 15.6 Å². The molecule has 3 N–H and O–H groups in total. The predicted octanol–water partition coefficient (Wildman–Crippen LogP) is 15.8. The number of amidine groups is 2. The number of fused-ring (bicyclic) bond motifs is 2. The molecule has 0 saturated heterocycles. The molecule has 14 heteroatoms. The number of carbonyl (C=O) groups is 3. The van der Waals surface area contributed by atoms with Gasteiger partial charge in [-0.05, 0) is 94.2 Å². The van der Waals surface area contributed by atoms with Crippen LogP contribution in [0.4, 0.5) is 11.6 Å². The Morgan fingerprint density at radius 3 is 1.58 bits per heavy atom. The van der Waals surface area contributed by atoms with Gasteiger partial charge < -0.3 is 25.7 Å². The average molecular weight is 1080 g/mol. The van der Waals surface area contributed by atoms with E-state index in [9.17, 15) is 9.59 Å². The Bertz CT molecular complexity index is 3260. The quantitative estimate of drug-likeness (QED) is 0.0914. The largest absolute Gasteiger partial charge is 0.481 e. The first-order valence-electron chi connectivity index (χ1n) is 25.4. The molecule has 4 aromatic carbocycles. The zero-order valence-electron chi connectivity index (χ0n) is 45.7. The number of para-hydroxylation sites is 2. The molecule has 8 rings (SSSR count). The second-order valence-corrected chi connectivity index (χ2v) is 23.4. The zero-order valence-corrected chi connectivity index (χ0v) is 50.3. The number of hydrogen-bond acceptors (Lipinski definition) is 8. The van der Waals surface area contributed by atoms with E-state index in [1.54, 1.807) is 22.7 Å². The summed E-state index contributed by atoms with van der Waals surface area (Å²) in [6, 6.07) is 29.6. The summed E-state index contributed by atoms with van der Waals surface area (Å²) in [7, 11) is 0. The molecule has 3 aromatic heterocycles. The SMILES string of the molecule is CC(=O)O.CCC(C)(C)C(=O)NC1=NC(=Nc2[n-]c(NC(=O)C(C)(C)CC)c(-c3nc4ccccc4s3)c2-c2ccc(C(C)C)cc2C(C)C)C(c2ccc(C(C)C)cc2C(C)C)=C1c1nc2ccccc2s1.[Zn]. The van der Waals surface area contributed by atoms with Crippen LogP contribution in [-0.4, -0.2) is 44.5 Å². The Hall–Kier alpha value is -5.95. The summed E-state index contributed by atoms with van der Waals surface area (Å²) in [6.07, 6.45) is 1.25. The summed E-state index contributed by atoms with van der Waals surface area (Å²) >= 11 is 3.13. The van der Waals surface area contributed by atoms with Gasteiger partial charge in [-0.25, -0.2) is 15.0 Å². The van der Waals surface area contributed by atoms with E-state index >= 15 is 0 Å². The molecule has 1 aliphatic rings. The molecule has 0 unspecified atom stereocenters. The van der Waals surface area contributed by atoms with Gasteiger partial charge in [-0.3, -0.25) is 14.4 Å². The third kappa shape index (κ3) is 12.1. The van der Waals surface area contributed by atoms with Crippen LogP contribution in [0, 0.1) is 10.8 Å². The maximum absolute atomic E-state index is 14.4. The van der Waals surface area contributed by atoms with E-state index < -0.39 is 16.8 Å². The number of anilines is 1. The molecule has 0 fully saturated rings. The Balaban J connectivity index is 0.00000172. The van der Waals surface area contributed by atoms with E-state index in [2.05, 4.69) is 115 Å². The van der Waals surface area contributed by atoms with E-state index in [4.69, 9.17) is 34.8 Å². The first-order chi connectivity index (χ1) is 34.5. The third-order valence-corrected chi connectivity index (χ3v) is 15.9. The molecule has 0 radical (unpaired) electrons. The molecule has 0 saturated carbocycles. The summed E-state index contributed by atoms with van der Waals surface area (Å²) in [5, 5.41) is 15.5. The minimum Gasteiger partial charge on any atom is -0.481 e. The molecule has 7 aromatic rings. The van der Waals surface area contributed by atoms with Crippen molar-refractivity contribution in [3.05, 3.63) is 118 Å². The summed E-state index contributed by atoms with van der Waals surface area (Å²) in [4.78, 5) is 64.6. The second-order valence-electron chi connectivity index (χ2n) is 21.4. The number of carboxylic acid groups (broad SMARTS) is 1. The molecule has 0 bridgehead atoms. The second kappa shape index (κ2) is 23.3. The van der Waals surface area contributed by atoms with Crippen molar-refractivity contribution in [1.29, 1.82) is 0 Å². The summed E-state index contributed by atoms with van der Waals surface area (Å²) in [5.74, 6) is 1.26. The molecule has 2 amide bonds. The maximum atomic E-state index is 14.4. The molecular weight excluding hydrogens is 1010 g/mol. The van der Waals surface area contributed by atoms with Crippen molar-refractivity contribution in [2.45, 2.75) is 140 Å². The fraction of sp³-hybridized carbons (Fsp3) is 0.383. The molecule has 0 aliphatic carbocycles. The molecule has 74 heavy (non-hydrogen) atoms. The number of aromatic nitrogens is 3. The van der Waals surface area contributed by atoms with Gasteiger partial charge in [-0.15, -0.1) is 22.7 Å². The Kier molecular flexibility index (Phi) is 18.1. The van der Waals surface area contributed by atoms with Gasteiger partial charge in [-0.2, -0.15) is 0 Å². The number of carbonyl (C=O) groups excluding carboxylic acids is 2. The van der Waals surface area contributed by atoms with Crippen LogP contribution in [0.5, 0.6) is 0 Å². The smallest absolute Gasteiger partial charge is 0.300 e. The topological polar surface area (TPSA) is 160 Å². The Labute approximate surface area is 457 Å². The molecule has 384 valence electrons. The van der Waals surface area contributed by atoms with Crippen LogP contribution in [0.25, 0.3) is 53.3 Å². The van der Waals surface area contributed by atoms with Crippen LogP contribution in [-0.2, 0) is 33.9 Å². The number of aliphatic carboxylic acids is 1. The van der Waals surface area contributed by atoms with Crippen molar-refractivity contribution in [3.8, 4) is 21.7 Å². The van der Waals surface area contributed by atoms with E-state index in [1.807, 2.05) is 77.9 Å². The van der Waals surface area contributed by atoms with Crippen LogP contribution >= 0.6 is 22.7 Å². The summed E-state index contributed by atoms with van der Waals surface area (Å²) in [5.41, 5.74) is 9.86. The summed E-state index contributed by atoms with van der Waals surface area (Å²) in [6.45, 7) is 30.6. The Morgan fingerprint density at radius 1 is 0.635 bits per heavy atom. The van der Waals surface area contributed by atoms with Gasteiger partial charge in [0.1, 0.15) is 15.9 Å². The maximum Gasteiger partial charge on any atom is 0.300 e. The predicted molar refractivity (Wildman–Crippen MR) is 306 cm³/mol. The number of nitrogens with one attached hydrogen (secondary N) is 2. The van der Waals surface area contributed by atoms with Crippen LogP contribution in [0.2, 0.25) is 0 Å². The number of amides is 2. The van der Waals surface area contributed by atoms with Gasteiger partial charge >= 0.3 is 0 Å². The minimum absolute atomic E-state index is 0. The number of benzene rings is 4. The number of nitrogens with zero attached hydrogens (tertiary/aromatic N) is 5. The number of carboxylic acids is 1. The van der Waals surface area contributed by atoms with Crippen molar-refractivity contribution >= 4 is 95.3 Å². The van der Waals surface area contributed by atoms with Crippen molar-refractivity contribution < 1.29 is 39.0 Å². The molecule has 1 aliphatic heterocycles. The average Bonchev–Trinajstić information content (AvgIpc) is 4.13. The van der Waals surface area contributed by atoms with Crippen molar-refractivity contribution in [1.82, 2.24) is 20.3 Å². The fourth-order valence-electron chi connectivity index (χ4n) is 8.39. The van der Waals surface area contributed by atoms with Gasteiger partial charge in [0, 0.05) is 65.6 Å². The zero-order chi connectivity index (χ0) is 53.3. The standard InChI is InChI=1S/C58H67N7O2S2.C2H4O2.Zn/c1-15-57(11,12)55(66)64-51-47(53-59-41-21-17-19-23-43(41)68-53)45(37-27-25-35(31(3)4)29-39(37)33(7)8)49(62-51)61-50-46(38-28-26-36(32(5)6)30-40(38)34(9)10)48(52(63-50)65-56(67)58(13,14)16-2)54-60-42-22-18-20-24-44(42)69-54;1-2(3)4;/h17-34H,15-16H2,1-14H3,(H3,59,60,61,62,63,64,65,66,67);1H3,(H,3,4);/p-1. The van der Waals surface area contributed by atoms with Gasteiger partial charge in [0.25, 0.3) is 5.97 Å². The van der Waals surface area contributed by atoms with Gasteiger partial charge in [0.05, 0.1) is 31.8 Å². The fourth-order valence-corrected chi connectivity index (χ4v) is 10.4. The van der Waals surface area contributed by atoms with Gasteiger partial charge in [-0.1, -0.05) is 158 Å². The molecule has 0 atom stereocenters. The van der Waals surface area contributed by atoms with Gasteiger partial charge in [0.15, 0.2) is 5.91 Å². The van der Waals surface area contributed by atoms with E-state index in [0.29, 0.717) is 59.1 Å². The molecule has 11 nitrogen and oxygen atoms in total. The van der Waals surface area contributed by atoms with Crippen molar-refractivity contribution in [2.24, 2.45) is 20.8 Å². The van der Waals surface area contributed by atoms with E-state index in [1.165, 1.54) is 11.1 Å². The number of thiazole rings is 2. The molecule has 0 spiro atoms. The van der Waals surface area contributed by atoms with E-state index in [0.717, 1.165) is 70.8 Å². The normalized spacial score (nSPS) is 13.6. The minimum atomic E-state index is -0.833.